The molecule has 1 atom stereocenters. The zero-order chi connectivity index (χ0) is 10.7. The molecule has 3 nitrogen and oxygen atoms in total. The number of hydrogen-bond donors (Lipinski definition) is 2. The maximum atomic E-state index is 12.7. The molecular weight excluding hydrogens is 193 g/mol. The number of halogens is 1. The Hall–Kier alpha value is -1.84. The number of aromatic amines is 1. The Kier molecular flexibility index (Phi) is 2.67. The molecule has 2 N–H and O–H groups in total. The summed E-state index contributed by atoms with van der Waals surface area (Å²) in [6.45, 7) is 2.01. The lowest BCUT2D eigenvalue weighted by Crippen LogP contribution is -2.05. The van der Waals surface area contributed by atoms with Crippen LogP contribution in [0.2, 0.25) is 0 Å². The number of aromatic nitrogens is 2. The summed E-state index contributed by atoms with van der Waals surface area (Å²) in [6.07, 6.45) is 3.49. The van der Waals surface area contributed by atoms with Gasteiger partial charge in [0, 0.05) is 12.2 Å². The van der Waals surface area contributed by atoms with E-state index in [1.807, 2.05) is 6.92 Å². The average Bonchev–Trinajstić information content (AvgIpc) is 2.71. The van der Waals surface area contributed by atoms with E-state index in [4.69, 9.17) is 0 Å². The third-order valence-electron chi connectivity index (χ3n) is 2.25. The van der Waals surface area contributed by atoms with Crippen LogP contribution in [0.5, 0.6) is 0 Å². The van der Waals surface area contributed by atoms with Crippen molar-refractivity contribution in [2.24, 2.45) is 0 Å². The summed E-state index contributed by atoms with van der Waals surface area (Å²) in [5.41, 5.74) is 1.96. The highest BCUT2D eigenvalue weighted by atomic mass is 19.1. The molecule has 78 valence electrons. The molecule has 1 heterocycles. The lowest BCUT2D eigenvalue weighted by Gasteiger charge is -2.13. The van der Waals surface area contributed by atoms with Crippen LogP contribution in [-0.4, -0.2) is 10.2 Å². The van der Waals surface area contributed by atoms with Crippen molar-refractivity contribution in [2.75, 3.05) is 5.32 Å². The third kappa shape index (κ3) is 2.34. The van der Waals surface area contributed by atoms with E-state index >= 15 is 0 Å². The average molecular weight is 205 g/mol. The minimum absolute atomic E-state index is 0.128. The van der Waals surface area contributed by atoms with Crippen molar-refractivity contribution >= 4 is 5.69 Å². The van der Waals surface area contributed by atoms with Gasteiger partial charge in [-0.2, -0.15) is 5.10 Å². The first-order chi connectivity index (χ1) is 7.25. The molecule has 2 rings (SSSR count). The van der Waals surface area contributed by atoms with Crippen molar-refractivity contribution in [3.8, 4) is 0 Å². The summed E-state index contributed by atoms with van der Waals surface area (Å²) in [4.78, 5) is 0. The first kappa shape index (κ1) is 9.71. The van der Waals surface area contributed by atoms with Gasteiger partial charge in [0.05, 0.1) is 11.9 Å². The van der Waals surface area contributed by atoms with E-state index in [-0.39, 0.29) is 11.9 Å². The molecule has 1 unspecified atom stereocenters. The molecule has 0 aliphatic heterocycles. The van der Waals surface area contributed by atoms with Crippen molar-refractivity contribution in [1.82, 2.24) is 10.2 Å². The van der Waals surface area contributed by atoms with Crippen molar-refractivity contribution in [2.45, 2.75) is 13.0 Å². The predicted molar refractivity (Wildman–Crippen MR) is 57.0 cm³/mol. The summed E-state index contributed by atoms with van der Waals surface area (Å²) in [5.74, 6) is -0.214. The van der Waals surface area contributed by atoms with Gasteiger partial charge in [0.1, 0.15) is 5.82 Å². The second-order valence-electron chi connectivity index (χ2n) is 3.40. The van der Waals surface area contributed by atoms with Gasteiger partial charge < -0.3 is 5.32 Å². The Morgan fingerprint density at radius 1 is 1.33 bits per heavy atom. The number of anilines is 1. The van der Waals surface area contributed by atoms with E-state index in [1.54, 1.807) is 24.5 Å². The molecule has 0 bridgehead atoms. The van der Waals surface area contributed by atoms with Crippen LogP contribution in [0.25, 0.3) is 0 Å². The number of nitrogens with zero attached hydrogens (tertiary/aromatic N) is 1. The number of nitrogens with one attached hydrogen (secondary N) is 2. The lowest BCUT2D eigenvalue weighted by atomic mass is 10.1. The molecule has 0 saturated carbocycles. The fourth-order valence-electron chi connectivity index (χ4n) is 1.41. The lowest BCUT2D eigenvalue weighted by molar-refractivity contribution is 0.626. The minimum atomic E-state index is -0.214. The summed E-state index contributed by atoms with van der Waals surface area (Å²) in [5, 5.41) is 9.80. The fourth-order valence-corrected chi connectivity index (χ4v) is 1.41. The van der Waals surface area contributed by atoms with Gasteiger partial charge in [0.15, 0.2) is 0 Å². The van der Waals surface area contributed by atoms with E-state index in [0.29, 0.717) is 0 Å². The highest BCUT2D eigenvalue weighted by Crippen LogP contribution is 2.18. The van der Waals surface area contributed by atoms with Crippen molar-refractivity contribution in [1.29, 1.82) is 0 Å². The van der Waals surface area contributed by atoms with Crippen LogP contribution >= 0.6 is 0 Å². The second-order valence-corrected chi connectivity index (χ2v) is 3.40. The number of H-pyrrole nitrogens is 1. The molecule has 0 fully saturated rings. The van der Waals surface area contributed by atoms with Gasteiger partial charge in [-0.15, -0.1) is 0 Å². The maximum Gasteiger partial charge on any atom is 0.123 e. The summed E-state index contributed by atoms with van der Waals surface area (Å²) < 4.78 is 12.7. The molecule has 1 aromatic carbocycles. The Morgan fingerprint density at radius 2 is 2.07 bits per heavy atom. The van der Waals surface area contributed by atoms with E-state index in [9.17, 15) is 4.39 Å². The highest BCUT2D eigenvalue weighted by Gasteiger charge is 2.05. The zero-order valence-electron chi connectivity index (χ0n) is 8.37. The van der Waals surface area contributed by atoms with Gasteiger partial charge in [-0.1, -0.05) is 12.1 Å². The van der Waals surface area contributed by atoms with Crippen molar-refractivity contribution in [3.63, 3.8) is 0 Å². The Labute approximate surface area is 87.3 Å². The second kappa shape index (κ2) is 4.13. The van der Waals surface area contributed by atoms with Crippen LogP contribution in [0.1, 0.15) is 18.5 Å². The Morgan fingerprint density at radius 3 is 2.67 bits per heavy atom. The van der Waals surface area contributed by atoms with Gasteiger partial charge >= 0.3 is 0 Å². The standard InChI is InChI=1S/C11H12FN3/c1-8(15-11-6-13-14-7-11)9-2-4-10(12)5-3-9/h2-8,15H,1H3,(H,13,14). The number of benzene rings is 1. The normalized spacial score (nSPS) is 12.4. The molecule has 0 amide bonds. The predicted octanol–water partition coefficient (Wildman–Crippen LogP) is 2.72. The Balaban J connectivity index is 2.08. The number of hydrogen-bond acceptors (Lipinski definition) is 2. The van der Waals surface area contributed by atoms with Gasteiger partial charge in [0.25, 0.3) is 0 Å². The molecular formula is C11H12FN3. The largest absolute Gasteiger partial charge is 0.376 e. The molecule has 0 aliphatic carbocycles. The van der Waals surface area contributed by atoms with Gasteiger partial charge in [-0.05, 0) is 24.6 Å². The first-order valence-electron chi connectivity index (χ1n) is 4.76. The molecule has 4 heteroatoms. The van der Waals surface area contributed by atoms with E-state index in [2.05, 4.69) is 15.5 Å². The van der Waals surface area contributed by atoms with Crippen LogP contribution in [0.3, 0.4) is 0 Å². The third-order valence-corrected chi connectivity index (χ3v) is 2.25. The molecule has 0 saturated heterocycles. The first-order valence-corrected chi connectivity index (χ1v) is 4.76. The number of rotatable bonds is 3. The Bertz CT molecular complexity index is 408. The molecule has 0 radical (unpaired) electrons. The van der Waals surface area contributed by atoms with Crippen LogP contribution < -0.4 is 5.32 Å². The topological polar surface area (TPSA) is 40.7 Å². The minimum Gasteiger partial charge on any atom is -0.376 e. The zero-order valence-corrected chi connectivity index (χ0v) is 8.37. The quantitative estimate of drug-likeness (QED) is 0.808. The van der Waals surface area contributed by atoms with E-state index in [0.717, 1.165) is 11.3 Å². The SMILES string of the molecule is CC(Nc1cn[nH]c1)c1ccc(F)cc1. The molecule has 2 aromatic rings. The monoisotopic (exact) mass is 205 g/mol. The summed E-state index contributed by atoms with van der Waals surface area (Å²) >= 11 is 0. The van der Waals surface area contributed by atoms with Crippen molar-refractivity contribution in [3.05, 3.63) is 48.0 Å². The van der Waals surface area contributed by atoms with Crippen LogP contribution in [0.15, 0.2) is 36.7 Å². The maximum absolute atomic E-state index is 12.7. The van der Waals surface area contributed by atoms with Crippen molar-refractivity contribution < 1.29 is 4.39 Å². The van der Waals surface area contributed by atoms with E-state index < -0.39 is 0 Å². The van der Waals surface area contributed by atoms with E-state index in [1.165, 1.54) is 12.1 Å². The molecule has 1 aromatic heterocycles. The van der Waals surface area contributed by atoms with Gasteiger partial charge in [-0.25, -0.2) is 4.39 Å². The summed E-state index contributed by atoms with van der Waals surface area (Å²) in [7, 11) is 0. The highest BCUT2D eigenvalue weighted by molar-refractivity contribution is 5.40. The van der Waals surface area contributed by atoms with Crippen LogP contribution in [0.4, 0.5) is 10.1 Å². The fraction of sp³-hybridized carbons (Fsp3) is 0.182. The summed E-state index contributed by atoms with van der Waals surface area (Å²) in [6, 6.07) is 6.59. The smallest absolute Gasteiger partial charge is 0.123 e. The molecule has 15 heavy (non-hydrogen) atoms. The van der Waals surface area contributed by atoms with Crippen LogP contribution in [0, 0.1) is 5.82 Å². The molecule has 0 spiro atoms. The van der Waals surface area contributed by atoms with Gasteiger partial charge in [-0.3, -0.25) is 5.10 Å². The molecule has 0 aliphatic rings. The van der Waals surface area contributed by atoms with Crippen LogP contribution in [-0.2, 0) is 0 Å². The van der Waals surface area contributed by atoms with Gasteiger partial charge in [0.2, 0.25) is 0 Å².